The highest BCUT2D eigenvalue weighted by atomic mass is 31.2. The first-order valence-corrected chi connectivity index (χ1v) is 9.42. The number of imidazole rings is 1. The topological polar surface area (TPSA) is 170 Å². The fourth-order valence-electron chi connectivity index (χ4n) is 2.18. The molecule has 146 valence electrons. The van der Waals surface area contributed by atoms with Gasteiger partial charge in [0.15, 0.2) is 11.5 Å². The van der Waals surface area contributed by atoms with Gasteiger partial charge in [0.2, 0.25) is 5.95 Å². The highest BCUT2D eigenvalue weighted by molar-refractivity contribution is 7.52. The van der Waals surface area contributed by atoms with Crippen LogP contribution in [0.25, 0.3) is 11.2 Å². The molecule has 0 bridgehead atoms. The van der Waals surface area contributed by atoms with Gasteiger partial charge in [0.1, 0.15) is 11.9 Å². The van der Waals surface area contributed by atoms with Gasteiger partial charge in [-0.3, -0.25) is 4.57 Å². The lowest BCUT2D eigenvalue weighted by molar-refractivity contribution is 0.00172. The van der Waals surface area contributed by atoms with Crippen molar-refractivity contribution in [3.05, 3.63) is 6.33 Å². The molecule has 2 aromatic heterocycles. The summed E-state index contributed by atoms with van der Waals surface area (Å²) in [4.78, 5) is 21.9. The number of aromatic nitrogens is 4. The molecule has 0 saturated heterocycles. The predicted octanol–water partition coefficient (Wildman–Crippen LogP) is -0.172. The van der Waals surface area contributed by atoms with Crippen LogP contribution in [0.2, 0.25) is 0 Å². The van der Waals surface area contributed by atoms with Crippen molar-refractivity contribution in [2.24, 2.45) is 0 Å². The minimum atomic E-state index is -3.90. The molecule has 0 radical (unpaired) electrons. The van der Waals surface area contributed by atoms with E-state index < -0.39 is 20.0 Å². The minimum Gasteiger partial charge on any atom is -0.382 e. The number of hydrogen-bond donors (Lipinski definition) is 3. The SMILES string of the molecule is COCCOP(=O)(O)CO[C@H](COC)Cn1cnc2c(N)nc(N)nc21. The maximum absolute atomic E-state index is 11.9. The first-order chi connectivity index (χ1) is 12.4. The summed E-state index contributed by atoms with van der Waals surface area (Å²) in [5.74, 6) is 0.189. The molecule has 0 saturated carbocycles. The van der Waals surface area contributed by atoms with Gasteiger partial charge in [-0.15, -0.1) is 0 Å². The van der Waals surface area contributed by atoms with Crippen LogP contribution in [0.1, 0.15) is 0 Å². The van der Waals surface area contributed by atoms with Gasteiger partial charge in [-0.1, -0.05) is 0 Å². The Morgan fingerprint density at radius 2 is 2.04 bits per heavy atom. The number of fused-ring (bicyclic) bond motifs is 1. The quantitative estimate of drug-likeness (QED) is 0.344. The Morgan fingerprint density at radius 1 is 1.27 bits per heavy atom. The summed E-state index contributed by atoms with van der Waals surface area (Å²) in [5, 5.41) is 0. The summed E-state index contributed by atoms with van der Waals surface area (Å²) in [6.45, 7) is 0.617. The zero-order valence-corrected chi connectivity index (χ0v) is 15.5. The van der Waals surface area contributed by atoms with Crippen LogP contribution in [0, 0.1) is 0 Å². The van der Waals surface area contributed by atoms with Crippen LogP contribution in [0.3, 0.4) is 0 Å². The van der Waals surface area contributed by atoms with E-state index in [1.165, 1.54) is 20.5 Å². The number of rotatable bonds is 11. The Balaban J connectivity index is 2.05. The molecule has 0 fully saturated rings. The molecule has 0 aliphatic carbocycles. The molecule has 0 spiro atoms. The third-order valence-corrected chi connectivity index (χ3v) is 4.38. The number of methoxy groups -OCH3 is 2. The molecule has 0 aliphatic rings. The number of ether oxygens (including phenoxy) is 3. The summed E-state index contributed by atoms with van der Waals surface area (Å²) >= 11 is 0. The number of nitrogens with two attached hydrogens (primary N) is 2. The molecule has 2 atom stereocenters. The highest BCUT2D eigenvalue weighted by Gasteiger charge is 2.23. The molecular formula is C13H23N6O6P. The molecular weight excluding hydrogens is 367 g/mol. The van der Waals surface area contributed by atoms with E-state index in [9.17, 15) is 9.46 Å². The molecule has 5 N–H and O–H groups in total. The van der Waals surface area contributed by atoms with Crippen LogP contribution in [-0.4, -0.2) is 70.9 Å². The molecule has 0 amide bonds. The fraction of sp³-hybridized carbons (Fsp3) is 0.615. The zero-order valence-electron chi connectivity index (χ0n) is 14.6. The average Bonchev–Trinajstić information content (AvgIpc) is 2.96. The van der Waals surface area contributed by atoms with Gasteiger partial charge in [0, 0.05) is 14.2 Å². The van der Waals surface area contributed by atoms with Gasteiger partial charge in [-0.25, -0.2) is 4.98 Å². The van der Waals surface area contributed by atoms with E-state index in [1.54, 1.807) is 4.57 Å². The number of anilines is 2. The largest absolute Gasteiger partial charge is 0.382 e. The Bertz CT molecular complexity index is 771. The molecule has 0 aliphatic heterocycles. The Labute approximate surface area is 150 Å². The van der Waals surface area contributed by atoms with Crippen molar-refractivity contribution in [3.63, 3.8) is 0 Å². The van der Waals surface area contributed by atoms with Gasteiger partial charge in [-0.2, -0.15) is 9.97 Å². The van der Waals surface area contributed by atoms with Crippen LogP contribution in [0.5, 0.6) is 0 Å². The van der Waals surface area contributed by atoms with Gasteiger partial charge in [0.25, 0.3) is 0 Å². The van der Waals surface area contributed by atoms with E-state index in [0.717, 1.165) is 0 Å². The molecule has 26 heavy (non-hydrogen) atoms. The Morgan fingerprint density at radius 3 is 2.73 bits per heavy atom. The zero-order chi connectivity index (χ0) is 19.2. The molecule has 13 heteroatoms. The summed E-state index contributed by atoms with van der Waals surface area (Å²) in [7, 11) is -0.940. The van der Waals surface area contributed by atoms with E-state index in [0.29, 0.717) is 11.2 Å². The van der Waals surface area contributed by atoms with Crippen LogP contribution in [0.15, 0.2) is 6.33 Å². The van der Waals surface area contributed by atoms with E-state index in [1.807, 2.05) is 0 Å². The third-order valence-electron chi connectivity index (χ3n) is 3.31. The second-order valence-electron chi connectivity index (χ2n) is 5.37. The van der Waals surface area contributed by atoms with Crippen molar-refractivity contribution in [1.29, 1.82) is 0 Å². The minimum absolute atomic E-state index is 0.00971. The lowest BCUT2D eigenvalue weighted by Gasteiger charge is -2.20. The van der Waals surface area contributed by atoms with E-state index >= 15 is 0 Å². The van der Waals surface area contributed by atoms with Crippen molar-refractivity contribution >= 4 is 30.5 Å². The Hall–Kier alpha value is -1.82. The van der Waals surface area contributed by atoms with Crippen molar-refractivity contribution in [2.45, 2.75) is 12.6 Å². The first kappa shape index (κ1) is 20.5. The van der Waals surface area contributed by atoms with E-state index in [-0.39, 0.29) is 38.1 Å². The lowest BCUT2D eigenvalue weighted by atomic mass is 10.3. The molecule has 2 aromatic rings. The maximum Gasteiger partial charge on any atom is 0.353 e. The molecule has 12 nitrogen and oxygen atoms in total. The second kappa shape index (κ2) is 9.21. The normalized spacial score (nSPS) is 15.2. The van der Waals surface area contributed by atoms with Crippen LogP contribution in [-0.2, 0) is 29.8 Å². The van der Waals surface area contributed by atoms with Crippen molar-refractivity contribution < 1.29 is 28.2 Å². The van der Waals surface area contributed by atoms with Gasteiger partial charge < -0.3 is 39.7 Å². The second-order valence-corrected chi connectivity index (χ2v) is 7.16. The first-order valence-electron chi connectivity index (χ1n) is 7.66. The Kier molecular flexibility index (Phi) is 7.26. The average molecular weight is 390 g/mol. The standard InChI is InChI=1S/C13H23N6O6P/c1-22-3-4-25-26(20,21)8-24-9(6-23-2)5-19-7-16-10-11(14)17-13(15)18-12(10)19/h7,9H,3-6,8H2,1-2H3,(H,20,21)(H4,14,15,17,18)/t9-/m0/s1. The summed E-state index contributed by atoms with van der Waals surface area (Å²) in [5.41, 5.74) is 12.2. The maximum atomic E-state index is 11.9. The van der Waals surface area contributed by atoms with Crippen LogP contribution < -0.4 is 11.5 Å². The number of hydrogen-bond acceptors (Lipinski definition) is 10. The van der Waals surface area contributed by atoms with Crippen molar-refractivity contribution in [3.8, 4) is 0 Å². The molecule has 2 rings (SSSR count). The van der Waals surface area contributed by atoms with E-state index in [4.69, 9.17) is 30.2 Å². The van der Waals surface area contributed by atoms with E-state index in [2.05, 4.69) is 15.0 Å². The number of nitrogens with zero attached hydrogens (tertiary/aromatic N) is 4. The lowest BCUT2D eigenvalue weighted by Crippen LogP contribution is -2.26. The predicted molar refractivity (Wildman–Crippen MR) is 93.4 cm³/mol. The third kappa shape index (κ3) is 5.59. The van der Waals surface area contributed by atoms with Crippen LogP contribution >= 0.6 is 7.60 Å². The summed E-state index contributed by atoms with van der Waals surface area (Å²) in [6.07, 6.45) is 0.465. The van der Waals surface area contributed by atoms with Crippen molar-refractivity contribution in [2.75, 3.05) is 51.9 Å². The van der Waals surface area contributed by atoms with Gasteiger partial charge in [0.05, 0.1) is 38.8 Å². The molecule has 1 unspecified atom stereocenters. The molecule has 2 heterocycles. The smallest absolute Gasteiger partial charge is 0.353 e. The molecule has 0 aromatic carbocycles. The van der Waals surface area contributed by atoms with Crippen molar-refractivity contribution in [1.82, 2.24) is 19.5 Å². The highest BCUT2D eigenvalue weighted by Crippen LogP contribution is 2.41. The summed E-state index contributed by atoms with van der Waals surface area (Å²) < 4.78 is 33.9. The fourth-order valence-corrected chi connectivity index (χ4v) is 3.01. The van der Waals surface area contributed by atoms with Crippen LogP contribution in [0.4, 0.5) is 11.8 Å². The monoisotopic (exact) mass is 390 g/mol. The number of nitrogen functional groups attached to an aromatic ring is 2. The summed E-state index contributed by atoms with van der Waals surface area (Å²) in [6, 6.07) is 0. The van der Waals surface area contributed by atoms with Gasteiger partial charge >= 0.3 is 7.60 Å². The van der Waals surface area contributed by atoms with Gasteiger partial charge in [-0.05, 0) is 0 Å².